The van der Waals surface area contributed by atoms with Crippen molar-refractivity contribution in [2.75, 3.05) is 11.9 Å². The largest absolute Gasteiger partial charge is 0.494 e. The highest BCUT2D eigenvalue weighted by atomic mass is 16.5. The van der Waals surface area contributed by atoms with Crippen molar-refractivity contribution in [3.63, 3.8) is 0 Å². The average molecular weight is 316 g/mol. The van der Waals surface area contributed by atoms with Gasteiger partial charge in [0.15, 0.2) is 0 Å². The van der Waals surface area contributed by atoms with Crippen LogP contribution in [0, 0.1) is 24.7 Å². The van der Waals surface area contributed by atoms with Crippen LogP contribution in [0.3, 0.4) is 0 Å². The zero-order chi connectivity index (χ0) is 16.4. The summed E-state index contributed by atoms with van der Waals surface area (Å²) in [6.45, 7) is 4.62. The number of anilines is 1. The van der Waals surface area contributed by atoms with Crippen LogP contribution in [-0.2, 0) is 4.79 Å². The molecule has 4 nitrogen and oxygen atoms in total. The quantitative estimate of drug-likeness (QED) is 0.893. The van der Waals surface area contributed by atoms with Crippen molar-refractivity contribution in [2.45, 2.75) is 52.0 Å². The van der Waals surface area contributed by atoms with Crippen molar-refractivity contribution in [2.24, 2.45) is 23.5 Å². The van der Waals surface area contributed by atoms with Crippen molar-refractivity contribution in [1.29, 1.82) is 0 Å². The van der Waals surface area contributed by atoms with E-state index in [1.165, 1.54) is 19.3 Å². The highest BCUT2D eigenvalue weighted by Gasteiger charge is 2.40. The van der Waals surface area contributed by atoms with Crippen molar-refractivity contribution < 1.29 is 9.53 Å². The standard InChI is InChI=1S/C19H28N2O2/c1-3-23-16-7-8-17(12(2)9-16)21-19(22)15-10-13-5-4-6-14(11-15)18(13)20/h7-9,13-15,18H,3-6,10-11,20H2,1-2H3,(H,21,22). The van der Waals surface area contributed by atoms with Gasteiger partial charge < -0.3 is 15.8 Å². The summed E-state index contributed by atoms with van der Waals surface area (Å²) in [6.07, 6.45) is 5.53. The van der Waals surface area contributed by atoms with Crippen LogP contribution < -0.4 is 15.8 Å². The molecular formula is C19H28N2O2. The van der Waals surface area contributed by atoms with E-state index in [4.69, 9.17) is 10.5 Å². The van der Waals surface area contributed by atoms with E-state index < -0.39 is 0 Å². The third-order valence-corrected chi connectivity index (χ3v) is 5.55. The van der Waals surface area contributed by atoms with Crippen molar-refractivity contribution in [3.8, 4) is 5.75 Å². The second kappa shape index (κ2) is 6.91. The number of benzene rings is 1. The Morgan fingerprint density at radius 2 is 2.00 bits per heavy atom. The van der Waals surface area contributed by atoms with Crippen molar-refractivity contribution in [1.82, 2.24) is 0 Å². The van der Waals surface area contributed by atoms with Crippen LogP contribution in [0.1, 0.15) is 44.6 Å². The maximum atomic E-state index is 12.7. The lowest BCUT2D eigenvalue weighted by Gasteiger charge is -2.43. The van der Waals surface area contributed by atoms with Gasteiger partial charge in [-0.15, -0.1) is 0 Å². The first-order valence-electron chi connectivity index (χ1n) is 8.88. The highest BCUT2D eigenvalue weighted by Crippen LogP contribution is 2.42. The van der Waals surface area contributed by atoms with Gasteiger partial charge in [-0.05, 0) is 75.1 Å². The minimum atomic E-state index is 0.107. The van der Waals surface area contributed by atoms with Crippen molar-refractivity contribution in [3.05, 3.63) is 23.8 Å². The number of carbonyl (C=O) groups is 1. The molecule has 126 valence electrons. The normalized spacial score (nSPS) is 29.9. The maximum absolute atomic E-state index is 12.7. The number of fused-ring (bicyclic) bond motifs is 2. The van der Waals surface area contributed by atoms with Gasteiger partial charge in [0.1, 0.15) is 5.75 Å². The first-order chi connectivity index (χ1) is 11.1. The third kappa shape index (κ3) is 3.52. The Bertz CT molecular complexity index is 558. The molecule has 3 rings (SSSR count). The summed E-state index contributed by atoms with van der Waals surface area (Å²) in [5.74, 6) is 2.16. The molecule has 0 saturated heterocycles. The number of nitrogens with one attached hydrogen (secondary N) is 1. The number of nitrogens with two attached hydrogens (primary N) is 1. The number of carbonyl (C=O) groups excluding carboxylic acids is 1. The molecule has 2 bridgehead atoms. The van der Waals surface area contributed by atoms with Gasteiger partial charge >= 0.3 is 0 Å². The van der Waals surface area contributed by atoms with E-state index >= 15 is 0 Å². The van der Waals surface area contributed by atoms with Gasteiger partial charge in [-0.1, -0.05) is 6.42 Å². The molecule has 0 spiro atoms. The second-order valence-electron chi connectivity index (χ2n) is 7.10. The first-order valence-corrected chi connectivity index (χ1v) is 8.88. The Hall–Kier alpha value is -1.55. The monoisotopic (exact) mass is 316 g/mol. The lowest BCUT2D eigenvalue weighted by Crippen LogP contribution is -2.48. The number of aryl methyl sites for hydroxylation is 1. The molecule has 2 aliphatic rings. The summed E-state index contributed by atoms with van der Waals surface area (Å²) in [5.41, 5.74) is 8.25. The molecule has 2 aliphatic carbocycles. The van der Waals surface area contributed by atoms with E-state index in [1.54, 1.807) is 0 Å². The number of amides is 1. The molecule has 1 aromatic carbocycles. The molecule has 2 fully saturated rings. The van der Waals surface area contributed by atoms with Crippen LogP contribution in [0.15, 0.2) is 18.2 Å². The molecule has 0 aliphatic heterocycles. The topological polar surface area (TPSA) is 64.3 Å². The molecule has 2 saturated carbocycles. The summed E-state index contributed by atoms with van der Waals surface area (Å²) in [4.78, 5) is 12.7. The smallest absolute Gasteiger partial charge is 0.227 e. The summed E-state index contributed by atoms with van der Waals surface area (Å²) >= 11 is 0. The second-order valence-corrected chi connectivity index (χ2v) is 7.10. The lowest BCUT2D eigenvalue weighted by atomic mass is 9.65. The predicted molar refractivity (Wildman–Crippen MR) is 92.5 cm³/mol. The van der Waals surface area contributed by atoms with Crippen molar-refractivity contribution >= 4 is 11.6 Å². The Balaban J connectivity index is 1.65. The molecule has 23 heavy (non-hydrogen) atoms. The fraction of sp³-hybridized carbons (Fsp3) is 0.632. The Morgan fingerprint density at radius 1 is 1.30 bits per heavy atom. The van der Waals surface area contributed by atoms with Crippen LogP contribution in [0.4, 0.5) is 5.69 Å². The summed E-state index contributed by atoms with van der Waals surface area (Å²) in [6, 6.07) is 6.13. The fourth-order valence-electron chi connectivity index (χ4n) is 4.27. The van der Waals surface area contributed by atoms with Crippen LogP contribution >= 0.6 is 0 Å². The van der Waals surface area contributed by atoms with E-state index in [9.17, 15) is 4.79 Å². The Labute approximate surface area is 138 Å². The molecule has 0 aromatic heterocycles. The first kappa shape index (κ1) is 16.3. The lowest BCUT2D eigenvalue weighted by molar-refractivity contribution is -0.122. The van der Waals surface area contributed by atoms with E-state index in [2.05, 4.69) is 5.32 Å². The van der Waals surface area contributed by atoms with Gasteiger partial charge in [0.05, 0.1) is 6.61 Å². The number of ether oxygens (including phenoxy) is 1. The maximum Gasteiger partial charge on any atom is 0.227 e. The van der Waals surface area contributed by atoms with Gasteiger partial charge in [0.2, 0.25) is 5.91 Å². The van der Waals surface area contributed by atoms with E-state index in [1.807, 2.05) is 32.0 Å². The minimum absolute atomic E-state index is 0.107. The zero-order valence-corrected chi connectivity index (χ0v) is 14.2. The zero-order valence-electron chi connectivity index (χ0n) is 14.2. The number of hydrogen-bond acceptors (Lipinski definition) is 3. The van der Waals surface area contributed by atoms with E-state index in [-0.39, 0.29) is 11.8 Å². The molecule has 1 amide bonds. The van der Waals surface area contributed by atoms with Crippen LogP contribution in [0.5, 0.6) is 5.75 Å². The SMILES string of the molecule is CCOc1ccc(NC(=O)C2CC3CCCC(C2)C3N)c(C)c1. The molecular weight excluding hydrogens is 288 g/mol. The fourth-order valence-corrected chi connectivity index (χ4v) is 4.27. The minimum Gasteiger partial charge on any atom is -0.494 e. The van der Waals surface area contributed by atoms with E-state index in [0.29, 0.717) is 24.5 Å². The summed E-state index contributed by atoms with van der Waals surface area (Å²) in [5, 5.41) is 3.12. The van der Waals surface area contributed by atoms with Gasteiger partial charge in [-0.25, -0.2) is 0 Å². The van der Waals surface area contributed by atoms with Gasteiger partial charge in [0, 0.05) is 17.6 Å². The molecule has 0 radical (unpaired) electrons. The third-order valence-electron chi connectivity index (χ3n) is 5.55. The Kier molecular flexibility index (Phi) is 4.90. The van der Waals surface area contributed by atoms with Gasteiger partial charge in [-0.3, -0.25) is 4.79 Å². The van der Waals surface area contributed by atoms with E-state index in [0.717, 1.165) is 29.8 Å². The highest BCUT2D eigenvalue weighted by molar-refractivity contribution is 5.93. The molecule has 1 aromatic rings. The predicted octanol–water partition coefficient (Wildman–Crippen LogP) is 3.49. The summed E-state index contributed by atoms with van der Waals surface area (Å²) in [7, 11) is 0. The van der Waals surface area contributed by atoms with Crippen LogP contribution in [0.25, 0.3) is 0 Å². The number of hydrogen-bond donors (Lipinski definition) is 2. The molecule has 2 atom stereocenters. The number of rotatable bonds is 4. The summed E-state index contributed by atoms with van der Waals surface area (Å²) < 4.78 is 5.50. The molecule has 0 heterocycles. The molecule has 2 unspecified atom stereocenters. The van der Waals surface area contributed by atoms with Gasteiger partial charge in [-0.2, -0.15) is 0 Å². The Morgan fingerprint density at radius 3 is 2.61 bits per heavy atom. The van der Waals surface area contributed by atoms with Crippen LogP contribution in [-0.4, -0.2) is 18.6 Å². The molecule has 4 heteroatoms. The van der Waals surface area contributed by atoms with Gasteiger partial charge in [0.25, 0.3) is 0 Å². The van der Waals surface area contributed by atoms with Crippen LogP contribution in [0.2, 0.25) is 0 Å². The average Bonchev–Trinajstić information content (AvgIpc) is 2.50. The molecule has 3 N–H and O–H groups in total.